The van der Waals surface area contributed by atoms with Crippen molar-refractivity contribution < 1.29 is 4.74 Å². The SMILES string of the molecule is C=C(C)CCOc1ncnc(NCC)c1CCC. The molecule has 4 nitrogen and oxygen atoms in total. The van der Waals surface area contributed by atoms with Crippen molar-refractivity contribution >= 4 is 5.82 Å². The van der Waals surface area contributed by atoms with Gasteiger partial charge in [0.2, 0.25) is 5.88 Å². The van der Waals surface area contributed by atoms with Gasteiger partial charge >= 0.3 is 0 Å². The first-order valence-corrected chi connectivity index (χ1v) is 6.53. The van der Waals surface area contributed by atoms with Gasteiger partial charge in [-0.3, -0.25) is 0 Å². The quantitative estimate of drug-likeness (QED) is 0.719. The Balaban J connectivity index is 2.80. The minimum Gasteiger partial charge on any atom is -0.477 e. The maximum Gasteiger partial charge on any atom is 0.221 e. The van der Waals surface area contributed by atoms with Gasteiger partial charge in [0.05, 0.1) is 12.2 Å². The van der Waals surface area contributed by atoms with Crippen LogP contribution in [0.1, 0.15) is 39.2 Å². The molecule has 0 unspecified atom stereocenters. The highest BCUT2D eigenvalue weighted by Crippen LogP contribution is 2.23. The Kier molecular flexibility index (Phi) is 6.19. The molecular formula is C14H23N3O. The summed E-state index contributed by atoms with van der Waals surface area (Å²) in [6.07, 6.45) is 4.37. The molecule has 100 valence electrons. The maximum absolute atomic E-state index is 5.74. The Morgan fingerprint density at radius 2 is 2.17 bits per heavy atom. The summed E-state index contributed by atoms with van der Waals surface area (Å²) >= 11 is 0. The van der Waals surface area contributed by atoms with Crippen molar-refractivity contribution in [2.75, 3.05) is 18.5 Å². The second-order valence-corrected chi connectivity index (χ2v) is 4.34. The van der Waals surface area contributed by atoms with E-state index in [0.717, 1.165) is 42.8 Å². The zero-order chi connectivity index (χ0) is 13.4. The van der Waals surface area contributed by atoms with Crippen LogP contribution in [0.25, 0.3) is 0 Å². The van der Waals surface area contributed by atoms with Crippen LogP contribution in [0.5, 0.6) is 5.88 Å². The number of nitrogens with one attached hydrogen (secondary N) is 1. The van der Waals surface area contributed by atoms with Gasteiger partial charge in [0, 0.05) is 13.0 Å². The maximum atomic E-state index is 5.74. The van der Waals surface area contributed by atoms with Gasteiger partial charge in [-0.05, 0) is 20.3 Å². The summed E-state index contributed by atoms with van der Waals surface area (Å²) in [4.78, 5) is 8.51. The molecule has 18 heavy (non-hydrogen) atoms. The van der Waals surface area contributed by atoms with E-state index >= 15 is 0 Å². The molecule has 0 aliphatic heterocycles. The van der Waals surface area contributed by atoms with Gasteiger partial charge in [-0.1, -0.05) is 18.9 Å². The first-order chi connectivity index (χ1) is 8.69. The molecule has 0 amide bonds. The molecule has 1 N–H and O–H groups in total. The number of nitrogens with zero attached hydrogens (tertiary/aromatic N) is 2. The fraction of sp³-hybridized carbons (Fsp3) is 0.571. The summed E-state index contributed by atoms with van der Waals surface area (Å²) in [5, 5.41) is 3.25. The highest BCUT2D eigenvalue weighted by molar-refractivity contribution is 5.48. The van der Waals surface area contributed by atoms with Crippen molar-refractivity contribution in [1.82, 2.24) is 9.97 Å². The predicted octanol–water partition coefficient (Wildman–Crippen LogP) is 3.21. The van der Waals surface area contributed by atoms with E-state index in [4.69, 9.17) is 4.74 Å². The lowest BCUT2D eigenvalue weighted by Crippen LogP contribution is -2.08. The van der Waals surface area contributed by atoms with Crippen molar-refractivity contribution in [3.05, 3.63) is 24.0 Å². The summed E-state index contributed by atoms with van der Waals surface area (Å²) in [5.74, 6) is 1.59. The highest BCUT2D eigenvalue weighted by atomic mass is 16.5. The number of aromatic nitrogens is 2. The van der Waals surface area contributed by atoms with Crippen LogP contribution in [0.3, 0.4) is 0 Å². The van der Waals surface area contributed by atoms with E-state index in [-0.39, 0.29) is 0 Å². The summed E-state index contributed by atoms with van der Waals surface area (Å²) in [5.41, 5.74) is 2.19. The van der Waals surface area contributed by atoms with Crippen molar-refractivity contribution in [3.63, 3.8) is 0 Å². The molecule has 4 heteroatoms. The third-order valence-corrected chi connectivity index (χ3v) is 2.52. The van der Waals surface area contributed by atoms with E-state index in [9.17, 15) is 0 Å². The van der Waals surface area contributed by atoms with Gasteiger partial charge in [0.15, 0.2) is 0 Å². The van der Waals surface area contributed by atoms with Gasteiger partial charge in [-0.15, -0.1) is 6.58 Å². The summed E-state index contributed by atoms with van der Waals surface area (Å²) in [6.45, 7) is 11.5. The van der Waals surface area contributed by atoms with Gasteiger partial charge < -0.3 is 10.1 Å². The molecule has 0 aromatic carbocycles. The molecule has 0 bridgehead atoms. The first kappa shape index (κ1) is 14.5. The Bertz CT molecular complexity index is 391. The molecule has 1 heterocycles. The molecule has 1 rings (SSSR count). The van der Waals surface area contributed by atoms with Gasteiger partial charge in [-0.2, -0.15) is 0 Å². The Labute approximate surface area is 109 Å². The minimum absolute atomic E-state index is 0.620. The standard InChI is InChI=1S/C14H23N3O/c1-5-7-12-13(15-6-2)16-10-17-14(12)18-9-8-11(3)4/h10H,3,5-9H2,1-2,4H3,(H,15,16,17). The summed E-state index contributed by atoms with van der Waals surface area (Å²) < 4.78 is 5.74. The van der Waals surface area contributed by atoms with Gasteiger partial charge in [0.25, 0.3) is 0 Å². The van der Waals surface area contributed by atoms with Crippen molar-refractivity contribution in [3.8, 4) is 5.88 Å². The smallest absolute Gasteiger partial charge is 0.221 e. The van der Waals surface area contributed by atoms with Crippen LogP contribution in [0, 0.1) is 0 Å². The molecule has 0 radical (unpaired) electrons. The summed E-state index contributed by atoms with van der Waals surface area (Å²) in [7, 11) is 0. The molecule has 0 fully saturated rings. The van der Waals surface area contributed by atoms with Crippen molar-refractivity contribution in [1.29, 1.82) is 0 Å². The molecule has 0 saturated heterocycles. The average Bonchev–Trinajstić information content (AvgIpc) is 2.33. The molecule has 0 aliphatic rings. The van der Waals surface area contributed by atoms with Crippen LogP contribution in [0.15, 0.2) is 18.5 Å². The number of ether oxygens (including phenoxy) is 1. The monoisotopic (exact) mass is 249 g/mol. The largest absolute Gasteiger partial charge is 0.477 e. The van der Waals surface area contributed by atoms with E-state index in [0.29, 0.717) is 12.5 Å². The van der Waals surface area contributed by atoms with E-state index in [1.165, 1.54) is 0 Å². The van der Waals surface area contributed by atoms with E-state index in [2.05, 4.69) is 35.7 Å². The molecule has 1 aromatic heterocycles. The molecule has 0 atom stereocenters. The van der Waals surface area contributed by atoms with Crippen LogP contribution < -0.4 is 10.1 Å². The number of anilines is 1. The highest BCUT2D eigenvalue weighted by Gasteiger charge is 2.11. The summed E-state index contributed by atoms with van der Waals surface area (Å²) in [6, 6.07) is 0. The number of hydrogen-bond acceptors (Lipinski definition) is 4. The topological polar surface area (TPSA) is 47.0 Å². The number of rotatable bonds is 8. The second-order valence-electron chi connectivity index (χ2n) is 4.34. The van der Waals surface area contributed by atoms with Crippen LogP contribution in [0.2, 0.25) is 0 Å². The third kappa shape index (κ3) is 4.35. The Morgan fingerprint density at radius 3 is 2.78 bits per heavy atom. The molecular weight excluding hydrogens is 226 g/mol. The fourth-order valence-corrected chi connectivity index (χ4v) is 1.64. The average molecular weight is 249 g/mol. The number of hydrogen-bond donors (Lipinski definition) is 1. The molecule has 1 aromatic rings. The molecule has 0 aliphatic carbocycles. The fourth-order valence-electron chi connectivity index (χ4n) is 1.64. The zero-order valence-corrected chi connectivity index (χ0v) is 11.6. The lowest BCUT2D eigenvalue weighted by molar-refractivity contribution is 0.305. The normalized spacial score (nSPS) is 10.2. The van der Waals surface area contributed by atoms with E-state index < -0.39 is 0 Å². The Hall–Kier alpha value is -1.58. The van der Waals surface area contributed by atoms with Gasteiger partial charge in [0.1, 0.15) is 12.1 Å². The third-order valence-electron chi connectivity index (χ3n) is 2.52. The first-order valence-electron chi connectivity index (χ1n) is 6.53. The predicted molar refractivity (Wildman–Crippen MR) is 75.1 cm³/mol. The van der Waals surface area contributed by atoms with E-state index in [1.54, 1.807) is 6.33 Å². The van der Waals surface area contributed by atoms with Crippen LogP contribution in [-0.2, 0) is 6.42 Å². The van der Waals surface area contributed by atoms with Crippen LogP contribution in [0.4, 0.5) is 5.82 Å². The second kappa shape index (κ2) is 7.69. The van der Waals surface area contributed by atoms with Crippen LogP contribution >= 0.6 is 0 Å². The van der Waals surface area contributed by atoms with Crippen molar-refractivity contribution in [2.24, 2.45) is 0 Å². The molecule has 0 spiro atoms. The Morgan fingerprint density at radius 1 is 1.39 bits per heavy atom. The van der Waals surface area contributed by atoms with Crippen molar-refractivity contribution in [2.45, 2.75) is 40.0 Å². The van der Waals surface area contributed by atoms with Crippen LogP contribution in [-0.4, -0.2) is 23.1 Å². The zero-order valence-electron chi connectivity index (χ0n) is 11.6. The van der Waals surface area contributed by atoms with Gasteiger partial charge in [-0.25, -0.2) is 9.97 Å². The minimum atomic E-state index is 0.620. The lowest BCUT2D eigenvalue weighted by atomic mass is 10.1. The van der Waals surface area contributed by atoms with E-state index in [1.807, 2.05) is 6.92 Å². The lowest BCUT2D eigenvalue weighted by Gasteiger charge is -2.13. The molecule has 0 saturated carbocycles.